The van der Waals surface area contributed by atoms with Crippen LogP contribution in [-0.2, 0) is 0 Å². The Bertz CT molecular complexity index is 377. The van der Waals surface area contributed by atoms with E-state index in [0.29, 0.717) is 16.2 Å². The lowest BCUT2D eigenvalue weighted by molar-refractivity contribution is 0.0752. The highest BCUT2D eigenvalue weighted by molar-refractivity contribution is 9.10. The average molecular weight is 269 g/mol. The minimum absolute atomic E-state index is 0.114. The molecule has 15 heavy (non-hydrogen) atoms. The zero-order chi connectivity index (χ0) is 10.8. The second-order valence-electron chi connectivity index (χ2n) is 3.69. The van der Waals surface area contributed by atoms with Gasteiger partial charge in [-0.25, -0.2) is 4.98 Å². The van der Waals surface area contributed by atoms with E-state index in [4.69, 9.17) is 0 Å². The van der Waals surface area contributed by atoms with Crippen LogP contribution in [-0.4, -0.2) is 28.4 Å². The van der Waals surface area contributed by atoms with Crippen molar-refractivity contribution in [2.24, 2.45) is 0 Å². The van der Waals surface area contributed by atoms with Gasteiger partial charge in [0.15, 0.2) is 0 Å². The molecule has 4 heteroatoms. The van der Waals surface area contributed by atoms with E-state index in [1.807, 2.05) is 11.8 Å². The van der Waals surface area contributed by atoms with Crippen LogP contribution in [0.25, 0.3) is 0 Å². The highest BCUT2D eigenvalue weighted by Crippen LogP contribution is 2.28. The first-order chi connectivity index (χ1) is 7.22. The average Bonchev–Trinajstić information content (AvgIpc) is 3.03. The fourth-order valence-electron chi connectivity index (χ4n) is 1.66. The van der Waals surface area contributed by atoms with Crippen molar-refractivity contribution in [2.75, 3.05) is 6.54 Å². The van der Waals surface area contributed by atoms with Crippen molar-refractivity contribution in [3.8, 4) is 0 Å². The summed E-state index contributed by atoms with van der Waals surface area (Å²) in [6, 6.07) is 4.00. The SMILES string of the molecule is CCN(C(=O)c1ccnc(Br)c1)C1CC1. The summed E-state index contributed by atoms with van der Waals surface area (Å²) in [5, 5.41) is 0. The molecule has 0 N–H and O–H groups in total. The molecule has 3 nitrogen and oxygen atoms in total. The van der Waals surface area contributed by atoms with Gasteiger partial charge in [-0.15, -0.1) is 0 Å². The lowest BCUT2D eigenvalue weighted by Gasteiger charge is -2.20. The zero-order valence-electron chi connectivity index (χ0n) is 8.61. The Kier molecular flexibility index (Phi) is 3.05. The van der Waals surface area contributed by atoms with Crippen LogP contribution in [0, 0.1) is 0 Å². The van der Waals surface area contributed by atoms with Gasteiger partial charge in [0, 0.05) is 24.3 Å². The highest BCUT2D eigenvalue weighted by Gasteiger charge is 2.31. The highest BCUT2D eigenvalue weighted by atomic mass is 79.9. The van der Waals surface area contributed by atoms with Crippen LogP contribution in [0.15, 0.2) is 22.9 Å². The number of carbonyl (C=O) groups is 1. The Hall–Kier alpha value is -0.900. The number of carbonyl (C=O) groups excluding carboxylic acids is 1. The number of aromatic nitrogens is 1. The van der Waals surface area contributed by atoms with E-state index in [-0.39, 0.29) is 5.91 Å². The lowest BCUT2D eigenvalue weighted by Crippen LogP contribution is -2.32. The van der Waals surface area contributed by atoms with Gasteiger partial charge in [0.1, 0.15) is 4.60 Å². The first kappa shape index (κ1) is 10.6. The number of halogens is 1. The van der Waals surface area contributed by atoms with Crippen molar-refractivity contribution < 1.29 is 4.79 Å². The first-order valence-electron chi connectivity index (χ1n) is 5.15. The van der Waals surface area contributed by atoms with Gasteiger partial charge in [-0.2, -0.15) is 0 Å². The summed E-state index contributed by atoms with van der Waals surface area (Å²) < 4.78 is 0.709. The second kappa shape index (κ2) is 4.31. The summed E-state index contributed by atoms with van der Waals surface area (Å²) in [5.74, 6) is 0.114. The van der Waals surface area contributed by atoms with Gasteiger partial charge >= 0.3 is 0 Å². The Morgan fingerprint density at radius 2 is 2.40 bits per heavy atom. The van der Waals surface area contributed by atoms with Crippen LogP contribution in [0.1, 0.15) is 30.1 Å². The molecule has 1 amide bonds. The number of nitrogens with zero attached hydrogens (tertiary/aromatic N) is 2. The van der Waals surface area contributed by atoms with Crippen LogP contribution in [0.2, 0.25) is 0 Å². The smallest absolute Gasteiger partial charge is 0.254 e. The van der Waals surface area contributed by atoms with Gasteiger partial charge in [-0.3, -0.25) is 4.79 Å². The molecule has 0 atom stereocenters. The lowest BCUT2D eigenvalue weighted by atomic mass is 10.2. The van der Waals surface area contributed by atoms with Crippen LogP contribution in [0.4, 0.5) is 0 Å². The van der Waals surface area contributed by atoms with Crippen molar-refractivity contribution in [1.82, 2.24) is 9.88 Å². The minimum Gasteiger partial charge on any atom is -0.336 e. The van der Waals surface area contributed by atoms with E-state index in [0.717, 1.165) is 19.4 Å². The van der Waals surface area contributed by atoms with Crippen molar-refractivity contribution >= 4 is 21.8 Å². The predicted octanol–water partition coefficient (Wildman–Crippen LogP) is 2.47. The fraction of sp³-hybridized carbons (Fsp3) is 0.455. The summed E-state index contributed by atoms with van der Waals surface area (Å²) in [6.45, 7) is 2.80. The van der Waals surface area contributed by atoms with E-state index in [1.165, 1.54) is 0 Å². The molecule has 1 aliphatic rings. The molecule has 0 spiro atoms. The van der Waals surface area contributed by atoms with Crippen LogP contribution in [0.5, 0.6) is 0 Å². The van der Waals surface area contributed by atoms with Crippen LogP contribution < -0.4 is 0 Å². The summed E-state index contributed by atoms with van der Waals surface area (Å²) >= 11 is 3.27. The molecule has 80 valence electrons. The normalized spacial score (nSPS) is 15.1. The van der Waals surface area contributed by atoms with E-state index >= 15 is 0 Å². The quantitative estimate of drug-likeness (QED) is 0.790. The Morgan fingerprint density at radius 1 is 1.67 bits per heavy atom. The van der Waals surface area contributed by atoms with Crippen molar-refractivity contribution in [3.63, 3.8) is 0 Å². The molecular weight excluding hydrogens is 256 g/mol. The van der Waals surface area contributed by atoms with Crippen LogP contribution in [0.3, 0.4) is 0 Å². The summed E-state index contributed by atoms with van der Waals surface area (Å²) in [7, 11) is 0. The number of hydrogen-bond acceptors (Lipinski definition) is 2. The zero-order valence-corrected chi connectivity index (χ0v) is 10.2. The molecule has 1 heterocycles. The third kappa shape index (κ3) is 2.37. The maximum atomic E-state index is 12.1. The third-order valence-electron chi connectivity index (χ3n) is 2.56. The number of amides is 1. The molecule has 0 bridgehead atoms. The molecule has 1 aromatic heterocycles. The molecule has 0 radical (unpaired) electrons. The van der Waals surface area contributed by atoms with Gasteiger partial charge in [-0.05, 0) is 47.8 Å². The summed E-state index contributed by atoms with van der Waals surface area (Å²) in [6.07, 6.45) is 3.94. The Balaban J connectivity index is 2.18. The molecule has 0 saturated heterocycles. The van der Waals surface area contributed by atoms with Crippen molar-refractivity contribution in [1.29, 1.82) is 0 Å². The van der Waals surface area contributed by atoms with E-state index in [2.05, 4.69) is 20.9 Å². The number of pyridine rings is 1. The summed E-state index contributed by atoms with van der Waals surface area (Å²) in [4.78, 5) is 18.0. The van der Waals surface area contributed by atoms with E-state index in [9.17, 15) is 4.79 Å². The predicted molar refractivity (Wildman–Crippen MR) is 61.7 cm³/mol. The van der Waals surface area contributed by atoms with Gasteiger partial charge in [-0.1, -0.05) is 0 Å². The maximum absolute atomic E-state index is 12.1. The van der Waals surface area contributed by atoms with Gasteiger partial charge in [0.2, 0.25) is 0 Å². The number of hydrogen-bond donors (Lipinski definition) is 0. The second-order valence-corrected chi connectivity index (χ2v) is 4.50. The van der Waals surface area contributed by atoms with Gasteiger partial charge in [0.25, 0.3) is 5.91 Å². The van der Waals surface area contributed by atoms with Crippen LogP contribution >= 0.6 is 15.9 Å². The summed E-state index contributed by atoms with van der Waals surface area (Å²) in [5.41, 5.74) is 0.714. The maximum Gasteiger partial charge on any atom is 0.254 e. The molecule has 1 aliphatic carbocycles. The van der Waals surface area contributed by atoms with E-state index < -0.39 is 0 Å². The molecular formula is C11H13BrN2O. The topological polar surface area (TPSA) is 33.2 Å². The van der Waals surface area contributed by atoms with Gasteiger partial charge < -0.3 is 4.90 Å². The molecule has 1 saturated carbocycles. The Labute approximate surface area is 97.6 Å². The Morgan fingerprint density at radius 3 is 2.93 bits per heavy atom. The minimum atomic E-state index is 0.114. The first-order valence-corrected chi connectivity index (χ1v) is 5.94. The molecule has 1 aromatic rings. The van der Waals surface area contributed by atoms with E-state index in [1.54, 1.807) is 18.3 Å². The largest absolute Gasteiger partial charge is 0.336 e. The molecule has 1 fully saturated rings. The molecule has 0 aromatic carbocycles. The monoisotopic (exact) mass is 268 g/mol. The van der Waals surface area contributed by atoms with Crippen molar-refractivity contribution in [3.05, 3.63) is 28.5 Å². The molecule has 2 rings (SSSR count). The third-order valence-corrected chi connectivity index (χ3v) is 3.00. The fourth-order valence-corrected chi connectivity index (χ4v) is 2.02. The molecule has 0 aliphatic heterocycles. The van der Waals surface area contributed by atoms with Gasteiger partial charge in [0.05, 0.1) is 0 Å². The molecule has 0 unspecified atom stereocenters. The standard InChI is InChI=1S/C11H13BrN2O/c1-2-14(9-3-4-9)11(15)8-5-6-13-10(12)7-8/h5-7,9H,2-4H2,1H3. The van der Waals surface area contributed by atoms with Crippen molar-refractivity contribution in [2.45, 2.75) is 25.8 Å². The number of rotatable bonds is 3.